The van der Waals surface area contributed by atoms with Crippen LogP contribution in [0.2, 0.25) is 0 Å². The van der Waals surface area contributed by atoms with Crippen molar-refractivity contribution in [3.8, 4) is 5.69 Å². The van der Waals surface area contributed by atoms with Gasteiger partial charge in [-0.1, -0.05) is 0 Å². The van der Waals surface area contributed by atoms with E-state index in [1.807, 2.05) is 24.3 Å². The van der Waals surface area contributed by atoms with E-state index in [0.717, 1.165) is 17.1 Å². The zero-order chi connectivity index (χ0) is 18.0. The van der Waals surface area contributed by atoms with E-state index in [1.54, 1.807) is 24.9 Å². The van der Waals surface area contributed by atoms with Crippen LogP contribution >= 0.6 is 0 Å². The van der Waals surface area contributed by atoms with Crippen LogP contribution in [0.1, 0.15) is 39.0 Å². The van der Waals surface area contributed by atoms with E-state index in [2.05, 4.69) is 20.4 Å². The van der Waals surface area contributed by atoms with E-state index in [4.69, 9.17) is 0 Å². The summed E-state index contributed by atoms with van der Waals surface area (Å²) >= 11 is 0. The van der Waals surface area contributed by atoms with E-state index in [9.17, 15) is 9.59 Å². The maximum atomic E-state index is 12.5. The first-order chi connectivity index (χ1) is 12.0. The molecular weight excluding hydrogens is 318 g/mol. The van der Waals surface area contributed by atoms with Gasteiger partial charge < -0.3 is 10.3 Å². The van der Waals surface area contributed by atoms with Gasteiger partial charge >= 0.3 is 0 Å². The molecule has 7 nitrogen and oxygen atoms in total. The molecular formula is C18H19N5O2. The summed E-state index contributed by atoms with van der Waals surface area (Å²) in [6.45, 7) is 5.24. The maximum absolute atomic E-state index is 12.5. The molecule has 0 spiro atoms. The summed E-state index contributed by atoms with van der Waals surface area (Å²) in [5.74, 6) is -0.129. The minimum absolute atomic E-state index is 0.0399. The highest BCUT2D eigenvalue weighted by Gasteiger charge is 2.19. The van der Waals surface area contributed by atoms with Crippen LogP contribution in [0.5, 0.6) is 0 Å². The van der Waals surface area contributed by atoms with Gasteiger partial charge in [-0.25, -0.2) is 9.67 Å². The number of aromatic amines is 1. The number of nitrogens with zero attached hydrogens (tertiary/aromatic N) is 3. The number of ketones is 2. The molecule has 2 heterocycles. The number of carbonyl (C=O) groups excluding carboxylic acids is 2. The zero-order valence-electron chi connectivity index (χ0n) is 14.3. The molecule has 0 saturated carbocycles. The van der Waals surface area contributed by atoms with Crippen LogP contribution in [0.4, 0.5) is 5.69 Å². The van der Waals surface area contributed by atoms with Gasteiger partial charge in [0.2, 0.25) is 0 Å². The smallest absolute Gasteiger partial charge is 0.198 e. The third-order valence-corrected chi connectivity index (χ3v) is 4.07. The predicted octanol–water partition coefficient (Wildman–Crippen LogP) is 2.71. The Labute approximate surface area is 145 Å². The third-order valence-electron chi connectivity index (χ3n) is 4.07. The molecule has 7 heteroatoms. The van der Waals surface area contributed by atoms with Gasteiger partial charge in [-0.2, -0.15) is 5.10 Å². The average molecular weight is 337 g/mol. The quantitative estimate of drug-likeness (QED) is 0.675. The Morgan fingerprint density at radius 2 is 1.92 bits per heavy atom. The molecule has 1 aromatic carbocycles. The van der Waals surface area contributed by atoms with Gasteiger partial charge in [0.05, 0.1) is 17.9 Å². The van der Waals surface area contributed by atoms with E-state index in [1.165, 1.54) is 13.3 Å². The summed E-state index contributed by atoms with van der Waals surface area (Å²) < 4.78 is 1.66. The molecule has 0 aliphatic carbocycles. The number of hydrogen-bond acceptors (Lipinski definition) is 5. The van der Waals surface area contributed by atoms with Crippen LogP contribution in [0.25, 0.3) is 5.69 Å². The van der Waals surface area contributed by atoms with Crippen LogP contribution < -0.4 is 5.32 Å². The molecule has 3 rings (SSSR count). The monoisotopic (exact) mass is 337 g/mol. The predicted molar refractivity (Wildman–Crippen MR) is 94.5 cm³/mol. The van der Waals surface area contributed by atoms with Crippen LogP contribution in [0, 0.1) is 13.8 Å². The van der Waals surface area contributed by atoms with Crippen LogP contribution in [-0.2, 0) is 0 Å². The maximum Gasteiger partial charge on any atom is 0.198 e. The molecule has 0 aliphatic rings. The number of rotatable bonds is 6. The fourth-order valence-electron chi connectivity index (χ4n) is 2.90. The first-order valence-electron chi connectivity index (χ1n) is 7.89. The highest BCUT2D eigenvalue weighted by atomic mass is 16.1. The van der Waals surface area contributed by atoms with Crippen molar-refractivity contribution in [1.82, 2.24) is 19.7 Å². The highest BCUT2D eigenvalue weighted by Crippen LogP contribution is 2.19. The van der Waals surface area contributed by atoms with Crippen molar-refractivity contribution < 1.29 is 9.59 Å². The van der Waals surface area contributed by atoms with Gasteiger partial charge in [-0.3, -0.25) is 9.59 Å². The van der Waals surface area contributed by atoms with Crippen molar-refractivity contribution >= 4 is 17.3 Å². The lowest BCUT2D eigenvalue weighted by Crippen LogP contribution is -2.15. The van der Waals surface area contributed by atoms with Gasteiger partial charge in [0.1, 0.15) is 12.7 Å². The average Bonchev–Trinajstić information content (AvgIpc) is 3.21. The molecule has 0 amide bonds. The Kier molecular flexibility index (Phi) is 4.47. The molecule has 0 unspecified atom stereocenters. The Bertz CT molecular complexity index is 908. The molecule has 0 atom stereocenters. The minimum Gasteiger partial charge on any atom is -0.378 e. The molecule has 0 fully saturated rings. The van der Waals surface area contributed by atoms with Gasteiger partial charge in [-0.15, -0.1) is 0 Å². The normalized spacial score (nSPS) is 10.7. The molecule has 0 bridgehead atoms. The third kappa shape index (κ3) is 3.35. The summed E-state index contributed by atoms with van der Waals surface area (Å²) in [4.78, 5) is 31.1. The number of nitrogens with one attached hydrogen (secondary N) is 2. The molecule has 2 N–H and O–H groups in total. The van der Waals surface area contributed by atoms with Crippen molar-refractivity contribution in [3.05, 3.63) is 59.4 Å². The SMILES string of the molecule is CC(=O)c1c(C)[nH]c(C(=O)CNc2ccc(-n3cncn3)cc2)c1C. The highest BCUT2D eigenvalue weighted by molar-refractivity contribution is 6.04. The van der Waals surface area contributed by atoms with Crippen LogP contribution in [0.3, 0.4) is 0 Å². The number of anilines is 1. The second kappa shape index (κ2) is 6.72. The molecule has 0 aliphatic heterocycles. The Morgan fingerprint density at radius 1 is 1.20 bits per heavy atom. The summed E-state index contributed by atoms with van der Waals surface area (Å²) in [7, 11) is 0. The Hall–Kier alpha value is -3.22. The van der Waals surface area contributed by atoms with E-state index in [0.29, 0.717) is 16.8 Å². The topological polar surface area (TPSA) is 92.7 Å². The molecule has 2 aromatic heterocycles. The Morgan fingerprint density at radius 3 is 2.48 bits per heavy atom. The largest absolute Gasteiger partial charge is 0.378 e. The lowest BCUT2D eigenvalue weighted by molar-refractivity contribution is 0.1000. The fraction of sp³-hybridized carbons (Fsp3) is 0.222. The molecule has 0 radical (unpaired) electrons. The number of Topliss-reactive ketones (excluding diaryl/α,β-unsaturated/α-hetero) is 2. The minimum atomic E-state index is -0.0894. The van der Waals surface area contributed by atoms with Crippen molar-refractivity contribution in [2.75, 3.05) is 11.9 Å². The second-order valence-electron chi connectivity index (χ2n) is 5.84. The first-order valence-corrected chi connectivity index (χ1v) is 7.89. The summed E-state index contributed by atoms with van der Waals surface area (Å²) in [6, 6.07) is 7.52. The van der Waals surface area contributed by atoms with Crippen LogP contribution in [0.15, 0.2) is 36.9 Å². The number of aromatic nitrogens is 4. The van der Waals surface area contributed by atoms with Crippen molar-refractivity contribution in [1.29, 1.82) is 0 Å². The second-order valence-corrected chi connectivity index (χ2v) is 5.84. The lowest BCUT2D eigenvalue weighted by Gasteiger charge is -2.07. The van der Waals surface area contributed by atoms with E-state index in [-0.39, 0.29) is 18.1 Å². The van der Waals surface area contributed by atoms with E-state index >= 15 is 0 Å². The van der Waals surface area contributed by atoms with Crippen molar-refractivity contribution in [2.45, 2.75) is 20.8 Å². The van der Waals surface area contributed by atoms with Gasteiger partial charge in [0.25, 0.3) is 0 Å². The number of carbonyl (C=O) groups is 2. The number of H-pyrrole nitrogens is 1. The zero-order valence-corrected chi connectivity index (χ0v) is 14.3. The molecule has 25 heavy (non-hydrogen) atoms. The van der Waals surface area contributed by atoms with Crippen LogP contribution in [-0.4, -0.2) is 37.9 Å². The Balaban J connectivity index is 1.68. The number of benzene rings is 1. The first kappa shape index (κ1) is 16.6. The fourth-order valence-corrected chi connectivity index (χ4v) is 2.90. The van der Waals surface area contributed by atoms with Gasteiger partial charge in [0.15, 0.2) is 11.6 Å². The molecule has 3 aromatic rings. The standard InChI is InChI=1S/C18H19N5O2/c1-11-17(13(3)24)12(2)22-18(11)16(25)8-20-14-4-6-15(7-5-14)23-10-19-9-21-23/h4-7,9-10,20,22H,8H2,1-3H3. The summed E-state index contributed by atoms with van der Waals surface area (Å²) in [5.41, 5.74) is 4.22. The molecule has 128 valence electrons. The number of aryl methyl sites for hydroxylation is 1. The lowest BCUT2D eigenvalue weighted by atomic mass is 10.1. The number of hydrogen-bond donors (Lipinski definition) is 2. The van der Waals surface area contributed by atoms with Gasteiger partial charge in [0, 0.05) is 16.9 Å². The summed E-state index contributed by atoms with van der Waals surface area (Å²) in [5, 5.41) is 7.16. The molecule has 0 saturated heterocycles. The van der Waals surface area contributed by atoms with Crippen molar-refractivity contribution in [2.24, 2.45) is 0 Å². The van der Waals surface area contributed by atoms with E-state index < -0.39 is 0 Å². The van der Waals surface area contributed by atoms with Crippen molar-refractivity contribution in [3.63, 3.8) is 0 Å². The summed E-state index contributed by atoms with van der Waals surface area (Å²) in [6.07, 6.45) is 3.09. The van der Waals surface area contributed by atoms with Gasteiger partial charge in [-0.05, 0) is 50.6 Å².